The van der Waals surface area contributed by atoms with Crippen LogP contribution in [-0.2, 0) is 22.2 Å². The van der Waals surface area contributed by atoms with Gasteiger partial charge in [0.15, 0.2) is 0 Å². The number of nitrogens with one attached hydrogen (secondary N) is 2. The van der Waals surface area contributed by atoms with Crippen molar-refractivity contribution in [3.63, 3.8) is 0 Å². The van der Waals surface area contributed by atoms with Gasteiger partial charge in [-0.05, 0) is 71.9 Å². The second kappa shape index (κ2) is 12.7. The molecule has 1 aliphatic rings. The van der Waals surface area contributed by atoms with Crippen LogP contribution in [0.15, 0.2) is 78.9 Å². The Morgan fingerprint density at radius 1 is 0.944 bits per heavy atom. The summed E-state index contributed by atoms with van der Waals surface area (Å²) in [5.74, 6) is 0.820. The highest BCUT2D eigenvalue weighted by Crippen LogP contribution is 2.43. The third kappa shape index (κ3) is 7.54. The SMILES string of the molecule is COc1cccc(C2(CCNS(N)(=O)=O)CCC(NCc3ccc(-c4ccccc4)cc3)CC2)c1.Cl. The van der Waals surface area contributed by atoms with Crippen LogP contribution in [0.5, 0.6) is 5.75 Å². The van der Waals surface area contributed by atoms with Crippen molar-refractivity contribution in [2.45, 2.75) is 50.1 Å². The molecule has 4 N–H and O–H groups in total. The van der Waals surface area contributed by atoms with Crippen molar-refractivity contribution < 1.29 is 13.2 Å². The fourth-order valence-electron chi connectivity index (χ4n) is 5.15. The van der Waals surface area contributed by atoms with Crippen LogP contribution in [-0.4, -0.2) is 28.1 Å². The lowest BCUT2D eigenvalue weighted by atomic mass is 9.66. The van der Waals surface area contributed by atoms with Gasteiger partial charge >= 0.3 is 0 Å². The first-order valence-electron chi connectivity index (χ1n) is 12.2. The average molecular weight is 530 g/mol. The predicted molar refractivity (Wildman–Crippen MR) is 149 cm³/mol. The van der Waals surface area contributed by atoms with Crippen LogP contribution in [0.25, 0.3) is 11.1 Å². The Balaban J connectivity index is 0.00000361. The minimum Gasteiger partial charge on any atom is -0.497 e. The Labute approximate surface area is 221 Å². The second-order valence-electron chi connectivity index (χ2n) is 9.42. The van der Waals surface area contributed by atoms with E-state index in [1.54, 1.807) is 7.11 Å². The Bertz CT molecular complexity index is 1200. The highest BCUT2D eigenvalue weighted by molar-refractivity contribution is 7.87. The summed E-state index contributed by atoms with van der Waals surface area (Å²) in [6, 6.07) is 27.7. The molecular formula is C28H36ClN3O3S. The third-order valence-corrected chi connectivity index (χ3v) is 7.79. The fraction of sp³-hybridized carbons (Fsp3) is 0.357. The van der Waals surface area contributed by atoms with Crippen LogP contribution < -0.4 is 19.9 Å². The molecular weight excluding hydrogens is 494 g/mol. The van der Waals surface area contributed by atoms with Crippen LogP contribution in [0.4, 0.5) is 0 Å². The van der Waals surface area contributed by atoms with Gasteiger partial charge in [0.2, 0.25) is 0 Å². The van der Waals surface area contributed by atoms with E-state index in [0.717, 1.165) is 38.0 Å². The first-order chi connectivity index (χ1) is 16.9. The lowest BCUT2D eigenvalue weighted by Gasteiger charge is -2.41. The Kier molecular flexibility index (Phi) is 9.93. The lowest BCUT2D eigenvalue weighted by molar-refractivity contribution is 0.232. The molecule has 6 nitrogen and oxygen atoms in total. The van der Waals surface area contributed by atoms with E-state index >= 15 is 0 Å². The largest absolute Gasteiger partial charge is 0.497 e. The van der Waals surface area contributed by atoms with Crippen LogP contribution in [0, 0.1) is 0 Å². The molecule has 0 atom stereocenters. The standard InChI is InChI=1S/C28H35N3O3S.ClH/c1-34-27-9-5-8-25(20-27)28(18-19-31-35(29,32)33)16-14-26(15-17-28)30-21-22-10-12-24(13-11-22)23-6-3-2-4-7-23;/h2-13,20,26,30-31H,14-19,21H2,1H3,(H2,29,32,33);1H. The maximum Gasteiger partial charge on any atom is 0.274 e. The van der Waals surface area contributed by atoms with Crippen molar-refractivity contribution in [1.82, 2.24) is 10.0 Å². The van der Waals surface area contributed by atoms with E-state index in [0.29, 0.717) is 19.0 Å². The van der Waals surface area contributed by atoms with E-state index in [-0.39, 0.29) is 17.8 Å². The molecule has 3 aromatic carbocycles. The van der Waals surface area contributed by atoms with Crippen molar-refractivity contribution in [3.05, 3.63) is 90.0 Å². The molecule has 0 radical (unpaired) electrons. The molecule has 8 heteroatoms. The lowest BCUT2D eigenvalue weighted by Crippen LogP contribution is -2.42. The molecule has 1 aliphatic carbocycles. The monoisotopic (exact) mass is 529 g/mol. The van der Waals surface area contributed by atoms with Crippen molar-refractivity contribution in [2.75, 3.05) is 13.7 Å². The van der Waals surface area contributed by atoms with Gasteiger partial charge < -0.3 is 10.1 Å². The van der Waals surface area contributed by atoms with E-state index in [1.807, 2.05) is 18.2 Å². The van der Waals surface area contributed by atoms with Gasteiger partial charge in [0.05, 0.1) is 7.11 Å². The van der Waals surface area contributed by atoms with Gasteiger partial charge in [-0.3, -0.25) is 0 Å². The Morgan fingerprint density at radius 2 is 1.61 bits per heavy atom. The molecule has 0 unspecified atom stereocenters. The quantitative estimate of drug-likeness (QED) is 0.347. The summed E-state index contributed by atoms with van der Waals surface area (Å²) in [7, 11) is -2.04. The molecule has 0 spiro atoms. The fourth-order valence-corrected chi connectivity index (χ4v) is 5.54. The normalized spacial score (nSPS) is 19.9. The van der Waals surface area contributed by atoms with Gasteiger partial charge in [-0.25, -0.2) is 9.86 Å². The van der Waals surface area contributed by atoms with Gasteiger partial charge in [0, 0.05) is 19.1 Å². The molecule has 0 aliphatic heterocycles. The number of hydrogen-bond donors (Lipinski definition) is 3. The molecule has 0 aromatic heterocycles. The molecule has 0 amide bonds. The summed E-state index contributed by atoms with van der Waals surface area (Å²) in [4.78, 5) is 0. The van der Waals surface area contributed by atoms with Crippen LogP contribution >= 0.6 is 12.4 Å². The summed E-state index contributed by atoms with van der Waals surface area (Å²) in [5, 5.41) is 8.90. The van der Waals surface area contributed by atoms with E-state index in [4.69, 9.17) is 9.88 Å². The topological polar surface area (TPSA) is 93.4 Å². The third-order valence-electron chi connectivity index (χ3n) is 7.19. The van der Waals surface area contributed by atoms with Gasteiger partial charge in [-0.15, -0.1) is 12.4 Å². The molecule has 0 bridgehead atoms. The zero-order valence-corrected chi connectivity index (χ0v) is 22.3. The van der Waals surface area contributed by atoms with Crippen molar-refractivity contribution >= 4 is 22.6 Å². The predicted octanol–water partition coefficient (Wildman–Crippen LogP) is 4.94. The Hall–Kier alpha value is -2.42. The zero-order valence-electron chi connectivity index (χ0n) is 20.7. The first kappa shape index (κ1) is 28.2. The highest BCUT2D eigenvalue weighted by Gasteiger charge is 2.36. The summed E-state index contributed by atoms with van der Waals surface area (Å²) in [5.41, 5.74) is 4.81. The van der Waals surface area contributed by atoms with E-state index < -0.39 is 10.2 Å². The number of rotatable bonds is 10. The maximum atomic E-state index is 11.4. The number of benzene rings is 3. The minimum absolute atomic E-state index is 0. The zero-order chi connectivity index (χ0) is 24.7. The van der Waals surface area contributed by atoms with Gasteiger partial charge in [0.1, 0.15) is 5.75 Å². The van der Waals surface area contributed by atoms with Gasteiger partial charge in [0.25, 0.3) is 10.2 Å². The highest BCUT2D eigenvalue weighted by atomic mass is 35.5. The molecule has 1 saturated carbocycles. The van der Waals surface area contributed by atoms with Gasteiger partial charge in [-0.2, -0.15) is 8.42 Å². The molecule has 4 rings (SSSR count). The van der Waals surface area contributed by atoms with Crippen LogP contribution in [0.3, 0.4) is 0 Å². The molecule has 3 aromatic rings. The summed E-state index contributed by atoms with van der Waals surface area (Å²) >= 11 is 0. The number of halogens is 1. The van der Waals surface area contributed by atoms with E-state index in [9.17, 15) is 8.42 Å². The van der Waals surface area contributed by atoms with Gasteiger partial charge in [-0.1, -0.05) is 66.7 Å². The smallest absolute Gasteiger partial charge is 0.274 e. The summed E-state index contributed by atoms with van der Waals surface area (Å²) in [6.07, 6.45) is 4.68. The molecule has 1 fully saturated rings. The number of hydrogen-bond acceptors (Lipinski definition) is 4. The summed E-state index contributed by atoms with van der Waals surface area (Å²) < 4.78 is 30.8. The number of methoxy groups -OCH3 is 1. The number of ether oxygens (including phenoxy) is 1. The number of nitrogens with two attached hydrogens (primary N) is 1. The molecule has 36 heavy (non-hydrogen) atoms. The molecule has 0 heterocycles. The maximum absolute atomic E-state index is 11.4. The van der Waals surface area contributed by atoms with Crippen molar-refractivity contribution in [1.29, 1.82) is 0 Å². The molecule has 194 valence electrons. The average Bonchev–Trinajstić information content (AvgIpc) is 2.88. The van der Waals surface area contributed by atoms with E-state index in [2.05, 4.69) is 70.7 Å². The molecule has 0 saturated heterocycles. The summed E-state index contributed by atoms with van der Waals surface area (Å²) in [6.45, 7) is 1.15. The minimum atomic E-state index is -3.70. The van der Waals surface area contributed by atoms with Crippen LogP contribution in [0.2, 0.25) is 0 Å². The Morgan fingerprint density at radius 3 is 2.25 bits per heavy atom. The van der Waals surface area contributed by atoms with Crippen molar-refractivity contribution in [3.8, 4) is 16.9 Å². The van der Waals surface area contributed by atoms with Crippen molar-refractivity contribution in [2.24, 2.45) is 5.14 Å². The van der Waals surface area contributed by atoms with Crippen LogP contribution in [0.1, 0.15) is 43.2 Å². The second-order valence-corrected chi connectivity index (χ2v) is 10.8. The first-order valence-corrected chi connectivity index (χ1v) is 13.7. The van der Waals surface area contributed by atoms with E-state index in [1.165, 1.54) is 22.3 Å².